The molecule has 0 amide bonds. The molecule has 1 aliphatic rings. The van der Waals surface area contributed by atoms with Crippen molar-refractivity contribution < 1.29 is 13.7 Å². The van der Waals surface area contributed by atoms with E-state index in [1.165, 1.54) is 64.2 Å². The van der Waals surface area contributed by atoms with E-state index in [0.717, 1.165) is 47.4 Å². The van der Waals surface area contributed by atoms with Gasteiger partial charge in [0.1, 0.15) is 0 Å². The van der Waals surface area contributed by atoms with Crippen LogP contribution in [0.4, 0.5) is 5.69 Å². The lowest BCUT2D eigenvalue weighted by molar-refractivity contribution is -0.678. The fourth-order valence-electron chi connectivity index (χ4n) is 4.90. The van der Waals surface area contributed by atoms with Crippen molar-refractivity contribution in [2.24, 2.45) is 0 Å². The molecule has 0 bridgehead atoms. The monoisotopic (exact) mass is 499 g/mol. The highest BCUT2D eigenvalue weighted by Crippen LogP contribution is 2.38. The van der Waals surface area contributed by atoms with Crippen LogP contribution in [0.15, 0.2) is 83.1 Å². The zero-order chi connectivity index (χ0) is 25.7. The van der Waals surface area contributed by atoms with Crippen molar-refractivity contribution in [3.63, 3.8) is 0 Å². The maximum absolute atomic E-state index is 6.18. The summed E-state index contributed by atoms with van der Waals surface area (Å²) in [4.78, 5) is 2.31. The third-order valence-electron chi connectivity index (χ3n) is 6.94. The molecule has 1 aromatic heterocycles. The van der Waals surface area contributed by atoms with Gasteiger partial charge in [-0.2, -0.15) is 4.57 Å². The minimum Gasteiger partial charge on any atom is -0.439 e. The highest BCUT2D eigenvalue weighted by atomic mass is 16.5. The van der Waals surface area contributed by atoms with Crippen LogP contribution in [0.1, 0.15) is 83.9 Å². The Labute approximate surface area is 222 Å². The molecule has 0 unspecified atom stereocenters. The first-order valence-electron chi connectivity index (χ1n) is 14.3. The summed E-state index contributed by atoms with van der Waals surface area (Å²) in [6.45, 7) is 6.48. The third kappa shape index (κ3) is 7.38. The van der Waals surface area contributed by atoms with Gasteiger partial charge in [0.2, 0.25) is 11.5 Å². The van der Waals surface area contributed by atoms with Gasteiger partial charge in [0, 0.05) is 19.0 Å². The van der Waals surface area contributed by atoms with Crippen molar-refractivity contribution >= 4 is 22.9 Å². The number of unbranched alkanes of at least 4 members (excludes halogenated alkanes) is 8. The van der Waals surface area contributed by atoms with Crippen molar-refractivity contribution in [1.82, 2.24) is 0 Å². The molecule has 4 nitrogen and oxygen atoms in total. The smallest absolute Gasteiger partial charge is 0.374 e. The van der Waals surface area contributed by atoms with E-state index in [1.807, 2.05) is 24.3 Å². The van der Waals surface area contributed by atoms with Crippen molar-refractivity contribution in [3.8, 4) is 5.75 Å². The van der Waals surface area contributed by atoms with Crippen molar-refractivity contribution in [1.29, 1.82) is 0 Å². The number of hydrogen-bond donors (Lipinski definition) is 0. The van der Waals surface area contributed by atoms with Gasteiger partial charge in [-0.25, -0.2) is 0 Å². The van der Waals surface area contributed by atoms with E-state index in [-0.39, 0.29) is 0 Å². The van der Waals surface area contributed by atoms with Gasteiger partial charge < -0.3 is 14.1 Å². The highest BCUT2D eigenvalue weighted by molar-refractivity contribution is 5.69. The summed E-state index contributed by atoms with van der Waals surface area (Å²) in [7, 11) is 0. The summed E-state index contributed by atoms with van der Waals surface area (Å²) in [5, 5.41) is 0. The molecule has 2 aromatic carbocycles. The van der Waals surface area contributed by atoms with Crippen LogP contribution in [-0.4, -0.2) is 6.54 Å². The maximum Gasteiger partial charge on any atom is 0.374 e. The summed E-state index contributed by atoms with van der Waals surface area (Å²) < 4.78 is 14.7. The molecule has 4 heteroatoms. The lowest BCUT2D eigenvalue weighted by Crippen LogP contribution is -2.35. The zero-order valence-corrected chi connectivity index (χ0v) is 22.7. The Hall–Kier alpha value is -3.27. The van der Waals surface area contributed by atoms with Crippen LogP contribution >= 0.6 is 0 Å². The third-order valence-corrected chi connectivity index (χ3v) is 6.94. The molecule has 37 heavy (non-hydrogen) atoms. The minimum atomic E-state index is 0.896. The van der Waals surface area contributed by atoms with Gasteiger partial charge in [-0.15, -0.1) is 0 Å². The molecule has 1 aliphatic heterocycles. The average Bonchev–Trinajstić information content (AvgIpc) is 3.46. The zero-order valence-electron chi connectivity index (χ0n) is 22.7. The molecule has 3 aromatic rings. The molecule has 0 aliphatic carbocycles. The van der Waals surface area contributed by atoms with E-state index in [1.54, 1.807) is 0 Å². The van der Waals surface area contributed by atoms with Gasteiger partial charge in [-0.1, -0.05) is 101 Å². The molecular formula is C33H43N2O2+. The van der Waals surface area contributed by atoms with Crippen LogP contribution in [0.3, 0.4) is 0 Å². The van der Waals surface area contributed by atoms with E-state index in [0.29, 0.717) is 0 Å². The lowest BCUT2D eigenvalue weighted by Gasteiger charge is -2.18. The van der Waals surface area contributed by atoms with E-state index in [2.05, 4.69) is 78.0 Å². The molecule has 4 rings (SSSR count). The average molecular weight is 500 g/mol. The van der Waals surface area contributed by atoms with E-state index in [9.17, 15) is 0 Å². The molecule has 0 N–H and O–H groups in total. The summed E-state index contributed by atoms with van der Waals surface area (Å²) in [6.07, 6.45) is 22.9. The Kier molecular flexibility index (Phi) is 10.5. The molecule has 196 valence electrons. The van der Waals surface area contributed by atoms with Crippen LogP contribution < -0.4 is 14.2 Å². The SMILES string of the molecule is CCCCCCCN1C(=CC=CC=Cc2oc3ccccc3[n+]2CCCCCCC)Oc2ccccc21. The molecule has 0 spiro atoms. The summed E-state index contributed by atoms with van der Waals surface area (Å²) in [5.74, 6) is 2.73. The molecule has 0 atom stereocenters. The number of aromatic nitrogens is 1. The second kappa shape index (κ2) is 14.5. The topological polar surface area (TPSA) is 29.5 Å². The first-order valence-corrected chi connectivity index (χ1v) is 14.3. The van der Waals surface area contributed by atoms with E-state index >= 15 is 0 Å². The molecule has 2 heterocycles. The van der Waals surface area contributed by atoms with E-state index < -0.39 is 0 Å². The molecule has 0 saturated heterocycles. The fraction of sp³-hybridized carbons (Fsp3) is 0.424. The Bertz CT molecular complexity index is 1200. The fourth-order valence-corrected chi connectivity index (χ4v) is 4.90. The van der Waals surface area contributed by atoms with Crippen LogP contribution in [0.2, 0.25) is 0 Å². The molecule has 0 saturated carbocycles. The van der Waals surface area contributed by atoms with Gasteiger partial charge in [0.15, 0.2) is 12.3 Å². The molecular weight excluding hydrogens is 456 g/mol. The Morgan fingerprint density at radius 1 is 0.757 bits per heavy atom. The maximum atomic E-state index is 6.18. The normalized spacial score (nSPS) is 14.4. The minimum absolute atomic E-state index is 0.896. The first-order chi connectivity index (χ1) is 18.3. The second-order valence-corrected chi connectivity index (χ2v) is 9.86. The first kappa shape index (κ1) is 26.8. The Balaban J connectivity index is 1.42. The van der Waals surface area contributed by atoms with Crippen molar-refractivity contribution in [2.45, 2.75) is 84.6 Å². The molecule has 0 fully saturated rings. The van der Waals surface area contributed by atoms with Gasteiger partial charge in [0.25, 0.3) is 5.52 Å². The Morgan fingerprint density at radius 2 is 1.49 bits per heavy atom. The number of nitrogens with zero attached hydrogens (tertiary/aromatic N) is 2. The predicted octanol–water partition coefficient (Wildman–Crippen LogP) is 8.97. The standard InChI is InChI=1S/C33H43N2O2/c1-3-5-7-9-18-26-34-28-20-14-16-22-30(28)36-32(34)24-12-11-13-25-33-35(27-19-10-8-6-4-2)29-21-15-17-23-31(29)37-33/h11-17,20-25H,3-10,18-19,26-27H2,1-2H3/q+1. The Morgan fingerprint density at radius 3 is 2.32 bits per heavy atom. The second-order valence-electron chi connectivity index (χ2n) is 9.86. The quantitative estimate of drug-likeness (QED) is 0.119. The number of aryl methyl sites for hydroxylation is 1. The number of oxazole rings is 1. The highest BCUT2D eigenvalue weighted by Gasteiger charge is 2.24. The number of anilines is 1. The van der Waals surface area contributed by atoms with Crippen LogP contribution in [0.25, 0.3) is 17.2 Å². The summed E-state index contributed by atoms with van der Waals surface area (Å²) >= 11 is 0. The van der Waals surface area contributed by atoms with Crippen LogP contribution in [0.5, 0.6) is 5.75 Å². The molecule has 0 radical (unpaired) electrons. The van der Waals surface area contributed by atoms with Crippen molar-refractivity contribution in [3.05, 3.63) is 84.6 Å². The number of benzene rings is 2. The largest absolute Gasteiger partial charge is 0.439 e. The number of para-hydroxylation sites is 4. The lowest BCUT2D eigenvalue weighted by atomic mass is 10.1. The summed E-state index contributed by atoms with van der Waals surface area (Å²) in [6, 6.07) is 16.6. The number of allylic oxidation sites excluding steroid dienone is 4. The number of ether oxygens (including phenoxy) is 1. The van der Waals surface area contributed by atoms with E-state index in [4.69, 9.17) is 9.15 Å². The van der Waals surface area contributed by atoms with Gasteiger partial charge >= 0.3 is 5.89 Å². The number of fused-ring (bicyclic) bond motifs is 2. The van der Waals surface area contributed by atoms with Crippen LogP contribution in [-0.2, 0) is 6.54 Å². The van der Waals surface area contributed by atoms with Crippen molar-refractivity contribution in [2.75, 3.05) is 11.4 Å². The van der Waals surface area contributed by atoms with Crippen LogP contribution in [0, 0.1) is 0 Å². The van der Waals surface area contributed by atoms with Gasteiger partial charge in [-0.05, 0) is 37.1 Å². The van der Waals surface area contributed by atoms with Gasteiger partial charge in [0.05, 0.1) is 11.8 Å². The number of hydrogen-bond acceptors (Lipinski definition) is 3. The van der Waals surface area contributed by atoms with Gasteiger partial charge in [-0.3, -0.25) is 0 Å². The number of rotatable bonds is 15. The summed E-state index contributed by atoms with van der Waals surface area (Å²) in [5.41, 5.74) is 3.26. The predicted molar refractivity (Wildman–Crippen MR) is 155 cm³/mol.